The number of rotatable bonds is 5. The first kappa shape index (κ1) is 17.9. The number of benzene rings is 2. The molecule has 0 N–H and O–H groups in total. The van der Waals surface area contributed by atoms with E-state index in [0.29, 0.717) is 28.6 Å². The summed E-state index contributed by atoms with van der Waals surface area (Å²) in [6.45, 7) is 3.50. The van der Waals surface area contributed by atoms with Crippen molar-refractivity contribution in [2.24, 2.45) is 0 Å². The summed E-state index contributed by atoms with van der Waals surface area (Å²) in [5, 5.41) is 0. The molecule has 144 valence electrons. The SMILES string of the molecule is CC(C)OC(=O)COc1ccc2c(c1)O/C(=C\c1ccc3c(c1)OCO3)C2=O. The third kappa shape index (κ3) is 3.64. The van der Waals surface area contributed by atoms with Crippen LogP contribution in [0, 0.1) is 0 Å². The molecule has 2 aromatic rings. The van der Waals surface area contributed by atoms with Gasteiger partial charge in [0, 0.05) is 6.07 Å². The van der Waals surface area contributed by atoms with Gasteiger partial charge in [0.25, 0.3) is 0 Å². The minimum atomic E-state index is -0.462. The second-order valence-corrected chi connectivity index (χ2v) is 6.54. The van der Waals surface area contributed by atoms with Crippen molar-refractivity contribution >= 4 is 17.8 Å². The number of carbonyl (C=O) groups is 2. The Morgan fingerprint density at radius 3 is 2.75 bits per heavy atom. The first-order valence-corrected chi connectivity index (χ1v) is 8.80. The van der Waals surface area contributed by atoms with E-state index in [0.717, 1.165) is 5.56 Å². The third-order valence-electron chi connectivity index (χ3n) is 4.06. The van der Waals surface area contributed by atoms with Crippen molar-refractivity contribution in [3.05, 3.63) is 53.3 Å². The van der Waals surface area contributed by atoms with Gasteiger partial charge in [-0.15, -0.1) is 0 Å². The fraction of sp³-hybridized carbons (Fsp3) is 0.238. The Balaban J connectivity index is 1.48. The van der Waals surface area contributed by atoms with Gasteiger partial charge in [0.05, 0.1) is 11.7 Å². The Kier molecular flexibility index (Phi) is 4.65. The summed E-state index contributed by atoms with van der Waals surface area (Å²) in [4.78, 5) is 24.2. The number of esters is 1. The van der Waals surface area contributed by atoms with Gasteiger partial charge in [-0.2, -0.15) is 0 Å². The first-order valence-electron chi connectivity index (χ1n) is 8.80. The maximum Gasteiger partial charge on any atom is 0.344 e. The summed E-state index contributed by atoms with van der Waals surface area (Å²) in [5.74, 6) is 1.60. The zero-order valence-electron chi connectivity index (χ0n) is 15.4. The number of fused-ring (bicyclic) bond motifs is 2. The maximum atomic E-state index is 12.6. The summed E-state index contributed by atoms with van der Waals surface area (Å²) >= 11 is 0. The van der Waals surface area contributed by atoms with Crippen LogP contribution in [-0.2, 0) is 9.53 Å². The lowest BCUT2D eigenvalue weighted by molar-refractivity contribution is -0.149. The van der Waals surface area contributed by atoms with Gasteiger partial charge in [0.2, 0.25) is 12.6 Å². The first-order chi connectivity index (χ1) is 13.5. The van der Waals surface area contributed by atoms with E-state index < -0.39 is 5.97 Å². The molecule has 0 saturated heterocycles. The number of Topliss-reactive ketones (excluding diaryl/α,β-unsaturated/α-hetero) is 1. The van der Waals surface area contributed by atoms with Crippen molar-refractivity contribution in [3.63, 3.8) is 0 Å². The van der Waals surface area contributed by atoms with E-state index in [1.54, 1.807) is 50.3 Å². The predicted molar refractivity (Wildman–Crippen MR) is 98.7 cm³/mol. The van der Waals surface area contributed by atoms with Gasteiger partial charge < -0.3 is 23.7 Å². The molecule has 7 heteroatoms. The summed E-state index contributed by atoms with van der Waals surface area (Å²) < 4.78 is 26.8. The molecule has 0 unspecified atom stereocenters. The van der Waals surface area contributed by atoms with Crippen molar-refractivity contribution in [2.75, 3.05) is 13.4 Å². The fourth-order valence-corrected chi connectivity index (χ4v) is 2.85. The highest BCUT2D eigenvalue weighted by molar-refractivity contribution is 6.14. The lowest BCUT2D eigenvalue weighted by Gasteiger charge is -2.09. The Bertz CT molecular complexity index is 975. The second-order valence-electron chi connectivity index (χ2n) is 6.54. The number of hydrogen-bond acceptors (Lipinski definition) is 7. The highest BCUT2D eigenvalue weighted by Crippen LogP contribution is 2.37. The van der Waals surface area contributed by atoms with Crippen LogP contribution in [0.15, 0.2) is 42.2 Å². The minimum absolute atomic E-state index is 0.184. The summed E-state index contributed by atoms with van der Waals surface area (Å²) in [6, 6.07) is 10.2. The van der Waals surface area contributed by atoms with Crippen molar-refractivity contribution in [1.82, 2.24) is 0 Å². The van der Waals surface area contributed by atoms with Crippen molar-refractivity contribution in [3.8, 4) is 23.0 Å². The fourth-order valence-electron chi connectivity index (χ4n) is 2.85. The molecule has 28 heavy (non-hydrogen) atoms. The van der Waals surface area contributed by atoms with Crippen LogP contribution in [0.1, 0.15) is 29.8 Å². The van der Waals surface area contributed by atoms with Gasteiger partial charge >= 0.3 is 5.97 Å². The monoisotopic (exact) mass is 382 g/mol. The van der Waals surface area contributed by atoms with Crippen LogP contribution in [-0.4, -0.2) is 31.3 Å². The Morgan fingerprint density at radius 1 is 1.11 bits per heavy atom. The van der Waals surface area contributed by atoms with Crippen LogP contribution in [0.4, 0.5) is 0 Å². The number of hydrogen-bond donors (Lipinski definition) is 0. The van der Waals surface area contributed by atoms with Crippen molar-refractivity contribution in [2.45, 2.75) is 20.0 Å². The maximum absolute atomic E-state index is 12.6. The molecule has 0 spiro atoms. The molecule has 0 aliphatic carbocycles. The van der Waals surface area contributed by atoms with E-state index in [1.165, 1.54) is 0 Å². The Hall–Kier alpha value is -3.48. The van der Waals surface area contributed by atoms with Crippen LogP contribution < -0.4 is 18.9 Å². The number of carbonyl (C=O) groups excluding carboxylic acids is 2. The van der Waals surface area contributed by atoms with Crippen LogP contribution in [0.5, 0.6) is 23.0 Å². The number of allylic oxidation sites excluding steroid dienone is 1. The molecular weight excluding hydrogens is 364 g/mol. The summed E-state index contributed by atoms with van der Waals surface area (Å²) in [7, 11) is 0. The second kappa shape index (κ2) is 7.26. The molecule has 0 aromatic heterocycles. The van der Waals surface area contributed by atoms with Gasteiger partial charge in [-0.25, -0.2) is 4.79 Å². The minimum Gasteiger partial charge on any atom is -0.482 e. The smallest absolute Gasteiger partial charge is 0.344 e. The Labute approximate surface area is 161 Å². The molecule has 0 amide bonds. The molecule has 7 nitrogen and oxygen atoms in total. The summed E-state index contributed by atoms with van der Waals surface area (Å²) in [6.07, 6.45) is 1.44. The average molecular weight is 382 g/mol. The molecular formula is C21H18O7. The lowest BCUT2D eigenvalue weighted by atomic mass is 10.1. The van der Waals surface area contributed by atoms with Gasteiger partial charge in [-0.05, 0) is 49.8 Å². The largest absolute Gasteiger partial charge is 0.482 e. The molecule has 0 atom stereocenters. The van der Waals surface area contributed by atoms with Crippen molar-refractivity contribution < 1.29 is 33.3 Å². The van der Waals surface area contributed by atoms with Gasteiger partial charge in [0.1, 0.15) is 11.5 Å². The molecule has 2 aliphatic heterocycles. The van der Waals surface area contributed by atoms with Gasteiger partial charge in [-0.1, -0.05) is 6.07 Å². The summed E-state index contributed by atoms with van der Waals surface area (Å²) in [5.41, 5.74) is 1.19. The van der Waals surface area contributed by atoms with E-state index in [1.807, 2.05) is 6.07 Å². The third-order valence-corrected chi connectivity index (χ3v) is 4.06. The molecule has 2 aromatic carbocycles. The van der Waals surface area contributed by atoms with Crippen LogP contribution in [0.3, 0.4) is 0 Å². The average Bonchev–Trinajstić information content (AvgIpc) is 3.24. The quantitative estimate of drug-likeness (QED) is 0.579. The zero-order valence-corrected chi connectivity index (χ0v) is 15.4. The molecule has 0 bridgehead atoms. The molecule has 2 heterocycles. The van der Waals surface area contributed by atoms with E-state index in [2.05, 4.69) is 0 Å². The lowest BCUT2D eigenvalue weighted by Crippen LogP contribution is -2.18. The molecule has 2 aliphatic rings. The van der Waals surface area contributed by atoms with Crippen molar-refractivity contribution in [1.29, 1.82) is 0 Å². The standard InChI is InChI=1S/C21H18O7/c1-12(2)27-20(22)10-24-14-4-5-15-17(9-14)28-19(21(15)23)8-13-3-6-16-18(7-13)26-11-25-16/h3-9,12H,10-11H2,1-2H3/b19-8-. The highest BCUT2D eigenvalue weighted by atomic mass is 16.7. The van der Waals surface area contributed by atoms with E-state index in [9.17, 15) is 9.59 Å². The topological polar surface area (TPSA) is 80.3 Å². The number of ketones is 1. The normalized spacial score (nSPS) is 15.5. The Morgan fingerprint density at radius 2 is 1.93 bits per heavy atom. The zero-order chi connectivity index (χ0) is 19.7. The van der Waals surface area contributed by atoms with Crippen LogP contribution in [0.2, 0.25) is 0 Å². The molecule has 0 saturated carbocycles. The van der Waals surface area contributed by atoms with E-state index in [-0.39, 0.29) is 31.0 Å². The molecule has 0 radical (unpaired) electrons. The van der Waals surface area contributed by atoms with E-state index >= 15 is 0 Å². The molecule has 0 fully saturated rings. The van der Waals surface area contributed by atoms with Gasteiger partial charge in [0.15, 0.2) is 23.9 Å². The van der Waals surface area contributed by atoms with Gasteiger partial charge in [-0.3, -0.25) is 4.79 Å². The van der Waals surface area contributed by atoms with Crippen LogP contribution >= 0.6 is 0 Å². The molecule has 4 rings (SSSR count). The van der Waals surface area contributed by atoms with Crippen LogP contribution in [0.25, 0.3) is 6.08 Å². The van der Waals surface area contributed by atoms with E-state index in [4.69, 9.17) is 23.7 Å². The number of ether oxygens (including phenoxy) is 5. The highest BCUT2D eigenvalue weighted by Gasteiger charge is 2.28. The predicted octanol–water partition coefficient (Wildman–Crippen LogP) is 3.36.